The molecule has 0 spiro atoms. The summed E-state index contributed by atoms with van der Waals surface area (Å²) in [6.45, 7) is -3.25. The van der Waals surface area contributed by atoms with Gasteiger partial charge in [0.1, 0.15) is 0 Å². The molecule has 0 saturated heterocycles. The van der Waals surface area contributed by atoms with Crippen molar-refractivity contribution in [1.29, 1.82) is 0 Å². The van der Waals surface area contributed by atoms with Crippen molar-refractivity contribution in [3.63, 3.8) is 0 Å². The zero-order valence-corrected chi connectivity index (χ0v) is 16.0. The molecule has 12 heteroatoms. The summed E-state index contributed by atoms with van der Waals surface area (Å²) in [4.78, 5) is 43.4. The van der Waals surface area contributed by atoms with Gasteiger partial charge in [0.2, 0.25) is 0 Å². The van der Waals surface area contributed by atoms with Crippen molar-refractivity contribution in [3.05, 3.63) is 0 Å². The molecule has 0 fully saturated rings. The van der Waals surface area contributed by atoms with E-state index < -0.39 is 50.1 Å². The van der Waals surface area contributed by atoms with Gasteiger partial charge in [-0.15, -0.1) is 0 Å². The van der Waals surface area contributed by atoms with Crippen molar-refractivity contribution in [2.75, 3.05) is 39.3 Å². The summed E-state index contributed by atoms with van der Waals surface area (Å²) in [6, 6.07) is 0. The average Bonchev–Trinajstić information content (AvgIpc) is 2.22. The van der Waals surface area contributed by atoms with Crippen molar-refractivity contribution in [3.8, 4) is 0 Å². The first-order chi connectivity index (χ1) is 9.20. The van der Waals surface area contributed by atoms with Crippen LogP contribution in [0.4, 0.5) is 0 Å². The Labute approximate surface area is 179 Å². The van der Waals surface area contributed by atoms with Gasteiger partial charge in [-0.05, 0) is 0 Å². The van der Waals surface area contributed by atoms with Crippen LogP contribution in [-0.2, 0) is 36.2 Å². The molecule has 117 valence electrons. The molecular formula is C10H12FeKN2O8+2. The summed E-state index contributed by atoms with van der Waals surface area (Å²) >= 11 is 0. The molecule has 0 aliphatic carbocycles. The predicted octanol–water partition coefficient (Wildman–Crippen LogP) is -10.4. The van der Waals surface area contributed by atoms with Crippen molar-refractivity contribution in [2.45, 2.75) is 0 Å². The molecule has 0 aromatic carbocycles. The fraction of sp³-hybridized carbons (Fsp3) is 0.600. The Kier molecular flexibility index (Phi) is 17.7. The van der Waals surface area contributed by atoms with Crippen LogP contribution < -0.4 is 71.8 Å². The molecule has 0 aromatic rings. The van der Waals surface area contributed by atoms with Crippen LogP contribution in [0.1, 0.15) is 0 Å². The average molecular weight is 383 g/mol. The summed E-state index contributed by atoms with van der Waals surface area (Å²) in [6.07, 6.45) is 0. The van der Waals surface area contributed by atoms with Gasteiger partial charge in [-0.2, -0.15) is 0 Å². The van der Waals surface area contributed by atoms with Gasteiger partial charge in [-0.25, -0.2) is 0 Å². The number of carbonyl (C=O) groups excluding carboxylic acids is 4. The second kappa shape index (κ2) is 14.5. The summed E-state index contributed by atoms with van der Waals surface area (Å²) in [7, 11) is 0. The summed E-state index contributed by atoms with van der Waals surface area (Å²) in [5.41, 5.74) is 0. The van der Waals surface area contributed by atoms with E-state index in [2.05, 4.69) is 0 Å². The minimum Gasteiger partial charge on any atom is -0.549 e. The van der Waals surface area contributed by atoms with Crippen LogP contribution in [0.5, 0.6) is 0 Å². The molecule has 0 rings (SSSR count). The third kappa shape index (κ3) is 16.3. The minimum absolute atomic E-state index is 0. The molecule has 0 amide bonds. The van der Waals surface area contributed by atoms with Gasteiger partial charge in [-0.1, -0.05) is 0 Å². The number of hydrogen-bond acceptors (Lipinski definition) is 10. The summed E-state index contributed by atoms with van der Waals surface area (Å²) < 4.78 is 0. The van der Waals surface area contributed by atoms with Gasteiger partial charge in [-0.3, -0.25) is 9.80 Å². The Hall–Kier alpha value is -0.0442. The van der Waals surface area contributed by atoms with E-state index in [1.165, 1.54) is 0 Å². The molecule has 0 heterocycles. The van der Waals surface area contributed by atoms with Crippen LogP contribution in [0.15, 0.2) is 0 Å². The minimum atomic E-state index is -1.53. The first-order valence-electron chi connectivity index (χ1n) is 5.44. The number of rotatable bonds is 11. The number of carboxylic acid groups (broad SMARTS) is 4. The molecule has 0 unspecified atom stereocenters. The largest absolute Gasteiger partial charge is 5.00 e. The maximum atomic E-state index is 10.4. The topological polar surface area (TPSA) is 167 Å². The van der Waals surface area contributed by atoms with Crippen LogP contribution >= 0.6 is 0 Å². The molecule has 0 saturated carbocycles. The summed E-state index contributed by atoms with van der Waals surface area (Å²) in [5.74, 6) is -6.12. The van der Waals surface area contributed by atoms with Crippen molar-refractivity contribution in [1.82, 2.24) is 9.80 Å². The van der Waals surface area contributed by atoms with Crippen LogP contribution in [0, 0.1) is 0 Å². The fourth-order valence-corrected chi connectivity index (χ4v) is 1.44. The summed E-state index contributed by atoms with van der Waals surface area (Å²) in [5, 5.41) is 41.6. The molecule has 0 N–H and O–H groups in total. The van der Waals surface area contributed by atoms with Crippen LogP contribution in [0.2, 0.25) is 0 Å². The van der Waals surface area contributed by atoms with E-state index in [1.54, 1.807) is 0 Å². The first kappa shape index (κ1) is 26.8. The Morgan fingerprint density at radius 2 is 0.773 bits per heavy atom. The molecule has 10 nitrogen and oxygen atoms in total. The standard InChI is InChI=1S/C10H16N2O8.Fe.K/c13-7(14)3-11(4-8(15)16)1-2-12(5-9(17)18)6-10(19)20;;/h1-6H2,(H,13,14)(H,15,16)(H,17,18)(H,19,20);;/q;+5;+1/p-4. The SMILES string of the molecule is O=C([O-])CN(CCN(CC(=O)[O-])CC(=O)[O-])CC(=O)[O-].[Fe+5].[K+]. The smallest absolute Gasteiger partial charge is 0.549 e. The third-order valence-corrected chi connectivity index (χ3v) is 2.14. The van der Waals surface area contributed by atoms with Gasteiger partial charge in [0.15, 0.2) is 0 Å². The van der Waals surface area contributed by atoms with Gasteiger partial charge < -0.3 is 39.6 Å². The Morgan fingerprint density at radius 1 is 0.591 bits per heavy atom. The number of aliphatic carboxylic acids is 4. The normalized spacial score (nSPS) is 9.73. The zero-order valence-electron chi connectivity index (χ0n) is 11.8. The Balaban J connectivity index is -0.00000180. The quantitative estimate of drug-likeness (QED) is 0.313. The maximum absolute atomic E-state index is 10.4. The number of carbonyl (C=O) groups is 4. The molecular weight excluding hydrogens is 371 g/mol. The number of nitrogens with zero attached hydrogens (tertiary/aromatic N) is 2. The van der Waals surface area contributed by atoms with Crippen molar-refractivity contribution in [2.24, 2.45) is 0 Å². The molecule has 0 aromatic heterocycles. The third-order valence-electron chi connectivity index (χ3n) is 2.14. The fourth-order valence-electron chi connectivity index (χ4n) is 1.44. The second-order valence-corrected chi connectivity index (χ2v) is 3.91. The molecule has 22 heavy (non-hydrogen) atoms. The Bertz CT molecular complexity index is 327. The monoisotopic (exact) mass is 383 g/mol. The maximum Gasteiger partial charge on any atom is 5.00 e. The van der Waals surface area contributed by atoms with E-state index >= 15 is 0 Å². The van der Waals surface area contributed by atoms with Crippen LogP contribution in [-0.4, -0.2) is 72.9 Å². The van der Waals surface area contributed by atoms with Gasteiger partial charge in [0.25, 0.3) is 0 Å². The van der Waals surface area contributed by atoms with E-state index in [0.29, 0.717) is 0 Å². The Morgan fingerprint density at radius 3 is 0.909 bits per heavy atom. The van der Waals surface area contributed by atoms with E-state index in [-0.39, 0.29) is 81.5 Å². The van der Waals surface area contributed by atoms with Crippen molar-refractivity contribution >= 4 is 23.9 Å². The van der Waals surface area contributed by atoms with Crippen molar-refractivity contribution < 1.29 is 108 Å². The molecule has 0 bridgehead atoms. The first-order valence-corrected chi connectivity index (χ1v) is 5.44. The van der Waals surface area contributed by atoms with E-state index in [9.17, 15) is 39.6 Å². The number of carboxylic acids is 4. The zero-order chi connectivity index (χ0) is 15.7. The van der Waals surface area contributed by atoms with Gasteiger partial charge in [0, 0.05) is 39.3 Å². The van der Waals surface area contributed by atoms with E-state index in [4.69, 9.17) is 0 Å². The van der Waals surface area contributed by atoms with Crippen LogP contribution in [0.25, 0.3) is 0 Å². The van der Waals surface area contributed by atoms with Gasteiger partial charge >= 0.3 is 68.5 Å². The number of hydrogen-bond donors (Lipinski definition) is 0. The molecule has 1 radical (unpaired) electrons. The van der Waals surface area contributed by atoms with E-state index in [1.807, 2.05) is 0 Å². The van der Waals surface area contributed by atoms with E-state index in [0.717, 1.165) is 9.80 Å². The molecule has 0 atom stereocenters. The molecule has 0 aliphatic heterocycles. The van der Waals surface area contributed by atoms with Gasteiger partial charge in [0.05, 0.1) is 23.9 Å². The molecule has 0 aliphatic rings. The van der Waals surface area contributed by atoms with Crippen LogP contribution in [0.3, 0.4) is 0 Å². The predicted molar refractivity (Wildman–Crippen MR) is 52.9 cm³/mol. The second-order valence-electron chi connectivity index (χ2n) is 3.91.